The zero-order valence-electron chi connectivity index (χ0n) is 10.6. The Hall–Kier alpha value is -0.220. The average Bonchev–Trinajstić information content (AvgIpc) is 2.70. The molecule has 0 aromatic heterocycles. The van der Waals surface area contributed by atoms with Crippen molar-refractivity contribution < 1.29 is 4.79 Å². The number of primary amides is 1. The van der Waals surface area contributed by atoms with Gasteiger partial charge in [0, 0.05) is 5.25 Å². The Labute approximate surface area is 103 Å². The minimum atomic E-state index is -0.437. The summed E-state index contributed by atoms with van der Waals surface area (Å²) in [6, 6.07) is 0. The second kappa shape index (κ2) is 5.92. The average molecular weight is 244 g/mol. The van der Waals surface area contributed by atoms with Gasteiger partial charge in [0.15, 0.2) is 0 Å². The molecule has 0 aromatic rings. The standard InChI is InChI=1S/C12H24N2OS/c1-4-9(2)8-16-10-5-6-12(7-10,14-3)11(13)15/h9-10,14H,4-8H2,1-3H3,(H2,13,15). The molecule has 0 radical (unpaired) electrons. The highest BCUT2D eigenvalue weighted by molar-refractivity contribution is 7.99. The van der Waals surface area contributed by atoms with Gasteiger partial charge in [-0.15, -0.1) is 0 Å². The van der Waals surface area contributed by atoms with Crippen molar-refractivity contribution in [3.05, 3.63) is 0 Å². The molecular formula is C12H24N2OS. The molecular weight excluding hydrogens is 220 g/mol. The van der Waals surface area contributed by atoms with Gasteiger partial charge < -0.3 is 11.1 Å². The fourth-order valence-corrected chi connectivity index (χ4v) is 3.66. The van der Waals surface area contributed by atoms with Crippen LogP contribution in [0.15, 0.2) is 0 Å². The number of rotatable bonds is 6. The zero-order chi connectivity index (χ0) is 12.2. The highest BCUT2D eigenvalue weighted by Gasteiger charge is 2.42. The van der Waals surface area contributed by atoms with E-state index < -0.39 is 5.54 Å². The smallest absolute Gasteiger partial charge is 0.237 e. The Kier molecular flexibility index (Phi) is 5.12. The SMILES string of the molecule is CCC(C)CSC1CCC(NC)(C(N)=O)C1. The highest BCUT2D eigenvalue weighted by atomic mass is 32.2. The maximum absolute atomic E-state index is 11.4. The molecule has 94 valence electrons. The Balaban J connectivity index is 2.42. The molecule has 3 nitrogen and oxygen atoms in total. The third-order valence-corrected chi connectivity index (χ3v) is 5.37. The summed E-state index contributed by atoms with van der Waals surface area (Å²) in [5, 5.41) is 3.71. The molecule has 1 rings (SSSR count). The second-order valence-corrected chi connectivity index (χ2v) is 6.24. The first-order valence-corrected chi connectivity index (χ1v) is 7.19. The van der Waals surface area contributed by atoms with Crippen LogP contribution in [0.4, 0.5) is 0 Å². The maximum Gasteiger partial charge on any atom is 0.237 e. The number of nitrogens with two attached hydrogens (primary N) is 1. The van der Waals surface area contributed by atoms with E-state index in [4.69, 9.17) is 5.73 Å². The quantitative estimate of drug-likeness (QED) is 0.748. The summed E-state index contributed by atoms with van der Waals surface area (Å²) < 4.78 is 0. The molecule has 0 heterocycles. The van der Waals surface area contributed by atoms with Gasteiger partial charge in [0.2, 0.25) is 5.91 Å². The van der Waals surface area contributed by atoms with Crippen LogP contribution in [0.3, 0.4) is 0 Å². The predicted molar refractivity (Wildman–Crippen MR) is 70.5 cm³/mol. The largest absolute Gasteiger partial charge is 0.368 e. The molecule has 0 spiro atoms. The third-order valence-electron chi connectivity index (χ3n) is 3.73. The molecule has 0 aromatic carbocycles. The van der Waals surface area contributed by atoms with Crippen LogP contribution < -0.4 is 11.1 Å². The summed E-state index contributed by atoms with van der Waals surface area (Å²) in [5.41, 5.74) is 5.04. The molecule has 1 amide bonds. The summed E-state index contributed by atoms with van der Waals surface area (Å²) in [6.07, 6.45) is 4.11. The second-order valence-electron chi connectivity index (χ2n) is 4.91. The van der Waals surface area contributed by atoms with Gasteiger partial charge in [0.25, 0.3) is 0 Å². The highest BCUT2D eigenvalue weighted by Crippen LogP contribution is 2.37. The first-order chi connectivity index (χ1) is 7.54. The van der Waals surface area contributed by atoms with E-state index in [1.165, 1.54) is 12.2 Å². The number of nitrogens with one attached hydrogen (secondary N) is 1. The number of amides is 1. The Morgan fingerprint density at radius 1 is 1.69 bits per heavy atom. The zero-order valence-corrected chi connectivity index (χ0v) is 11.4. The van der Waals surface area contributed by atoms with Crippen LogP contribution in [-0.2, 0) is 4.79 Å². The molecule has 1 saturated carbocycles. The number of carbonyl (C=O) groups is 1. The summed E-state index contributed by atoms with van der Waals surface area (Å²) in [5.74, 6) is 1.77. The van der Waals surface area contributed by atoms with Crippen LogP contribution in [0.5, 0.6) is 0 Å². The van der Waals surface area contributed by atoms with Crippen molar-refractivity contribution in [3.8, 4) is 0 Å². The molecule has 1 fully saturated rings. The fraction of sp³-hybridized carbons (Fsp3) is 0.917. The van der Waals surface area contributed by atoms with Crippen LogP contribution in [0.2, 0.25) is 0 Å². The monoisotopic (exact) mass is 244 g/mol. The van der Waals surface area contributed by atoms with Crippen LogP contribution in [0.1, 0.15) is 39.5 Å². The summed E-state index contributed by atoms with van der Waals surface area (Å²) in [6.45, 7) is 4.50. The van der Waals surface area contributed by atoms with E-state index >= 15 is 0 Å². The van der Waals surface area contributed by atoms with Gasteiger partial charge in [0.05, 0.1) is 5.54 Å². The molecule has 16 heavy (non-hydrogen) atoms. The van der Waals surface area contributed by atoms with Gasteiger partial charge in [-0.25, -0.2) is 0 Å². The number of hydrogen-bond donors (Lipinski definition) is 2. The van der Waals surface area contributed by atoms with Crippen LogP contribution in [0, 0.1) is 5.92 Å². The molecule has 3 atom stereocenters. The third kappa shape index (κ3) is 3.14. The van der Waals surface area contributed by atoms with Crippen molar-refractivity contribution in [1.29, 1.82) is 0 Å². The lowest BCUT2D eigenvalue weighted by molar-refractivity contribution is -0.124. The summed E-state index contributed by atoms with van der Waals surface area (Å²) in [4.78, 5) is 11.4. The van der Waals surface area contributed by atoms with E-state index in [-0.39, 0.29) is 5.91 Å². The summed E-state index contributed by atoms with van der Waals surface area (Å²) in [7, 11) is 1.84. The van der Waals surface area contributed by atoms with Gasteiger partial charge in [-0.05, 0) is 38.0 Å². The van der Waals surface area contributed by atoms with Crippen molar-refractivity contribution in [2.24, 2.45) is 11.7 Å². The molecule has 3 unspecified atom stereocenters. The van der Waals surface area contributed by atoms with Gasteiger partial charge in [0.1, 0.15) is 0 Å². The molecule has 1 aliphatic rings. The minimum absolute atomic E-state index is 0.193. The van der Waals surface area contributed by atoms with Crippen LogP contribution >= 0.6 is 11.8 Å². The van der Waals surface area contributed by atoms with Crippen LogP contribution in [0.25, 0.3) is 0 Å². The normalized spacial score (nSPS) is 31.6. The maximum atomic E-state index is 11.4. The number of thioether (sulfide) groups is 1. The van der Waals surface area contributed by atoms with Gasteiger partial charge in [-0.1, -0.05) is 20.3 Å². The minimum Gasteiger partial charge on any atom is -0.368 e. The fourth-order valence-electron chi connectivity index (χ4n) is 2.13. The van der Waals surface area contributed by atoms with Gasteiger partial charge >= 0.3 is 0 Å². The van der Waals surface area contributed by atoms with Gasteiger partial charge in [-0.3, -0.25) is 4.79 Å². The molecule has 4 heteroatoms. The summed E-state index contributed by atoms with van der Waals surface area (Å²) >= 11 is 2.00. The number of carbonyl (C=O) groups excluding carboxylic acids is 1. The van der Waals surface area contributed by atoms with Crippen molar-refractivity contribution in [3.63, 3.8) is 0 Å². The topological polar surface area (TPSA) is 55.1 Å². The van der Waals surface area contributed by atoms with Crippen LogP contribution in [-0.4, -0.2) is 29.5 Å². The molecule has 1 aliphatic carbocycles. The van der Waals surface area contributed by atoms with E-state index in [2.05, 4.69) is 19.2 Å². The van der Waals surface area contributed by atoms with E-state index in [1.807, 2.05) is 18.8 Å². The lowest BCUT2D eigenvalue weighted by atomic mass is 9.97. The van der Waals surface area contributed by atoms with Gasteiger partial charge in [-0.2, -0.15) is 11.8 Å². The van der Waals surface area contributed by atoms with Crippen molar-refractivity contribution >= 4 is 17.7 Å². The Morgan fingerprint density at radius 2 is 2.38 bits per heavy atom. The first-order valence-electron chi connectivity index (χ1n) is 6.14. The molecule has 3 N–H and O–H groups in total. The van der Waals surface area contributed by atoms with E-state index in [0.717, 1.165) is 25.2 Å². The van der Waals surface area contributed by atoms with Crippen molar-refractivity contribution in [1.82, 2.24) is 5.32 Å². The lowest BCUT2D eigenvalue weighted by Crippen LogP contribution is -2.52. The van der Waals surface area contributed by atoms with E-state index in [0.29, 0.717) is 5.25 Å². The molecule has 0 bridgehead atoms. The Morgan fingerprint density at radius 3 is 2.81 bits per heavy atom. The molecule has 0 aliphatic heterocycles. The Bertz CT molecular complexity index is 247. The predicted octanol–water partition coefficient (Wildman–Crippen LogP) is 1.76. The van der Waals surface area contributed by atoms with E-state index in [9.17, 15) is 4.79 Å². The lowest BCUT2D eigenvalue weighted by Gasteiger charge is -2.25. The van der Waals surface area contributed by atoms with E-state index in [1.54, 1.807) is 0 Å². The first kappa shape index (κ1) is 13.8. The number of hydrogen-bond acceptors (Lipinski definition) is 3. The molecule has 0 saturated heterocycles. The number of likely N-dealkylation sites (N-methyl/N-ethyl adjacent to an activating group) is 1. The van der Waals surface area contributed by atoms with Crippen molar-refractivity contribution in [2.45, 2.75) is 50.3 Å². The van der Waals surface area contributed by atoms with Crippen molar-refractivity contribution in [2.75, 3.05) is 12.8 Å².